The number of hydrogen-bond donors (Lipinski definition) is 2. The van der Waals surface area contributed by atoms with Gasteiger partial charge in [-0.15, -0.1) is 13.2 Å². The Balaban J connectivity index is 2.02. The molecule has 0 aliphatic heterocycles. The van der Waals surface area contributed by atoms with E-state index in [1.165, 1.54) is 28.6 Å². The molecule has 7 nitrogen and oxygen atoms in total. The number of carbonyl (C=O) groups is 1. The van der Waals surface area contributed by atoms with Crippen molar-refractivity contribution < 1.29 is 17.9 Å². The Morgan fingerprint density at radius 1 is 1.06 bits per heavy atom. The number of sulfonamides is 1. The molecule has 2 N–H and O–H groups in total. The Labute approximate surface area is 207 Å². The molecule has 1 amide bonds. The van der Waals surface area contributed by atoms with Gasteiger partial charge >= 0.3 is 0 Å². The molecule has 0 heterocycles. The molecule has 182 valence electrons. The lowest BCUT2D eigenvalue weighted by Gasteiger charge is -2.19. The second-order valence-electron chi connectivity index (χ2n) is 7.38. The van der Waals surface area contributed by atoms with E-state index in [1.54, 1.807) is 30.3 Å². The molecule has 0 saturated carbocycles. The Bertz CT molecular complexity index is 1090. The highest BCUT2D eigenvalue weighted by atomic mass is 32.2. The lowest BCUT2D eigenvalue weighted by molar-refractivity contribution is 0.0973. The molecular weight excluding hydrogens is 470 g/mol. The van der Waals surface area contributed by atoms with Crippen molar-refractivity contribution in [3.05, 3.63) is 79.4 Å². The van der Waals surface area contributed by atoms with Crippen molar-refractivity contribution in [3.8, 4) is 5.75 Å². The lowest BCUT2D eigenvalue weighted by atomic mass is 10.2. The average molecular weight is 502 g/mol. The van der Waals surface area contributed by atoms with E-state index in [4.69, 9.17) is 17.0 Å². The second kappa shape index (κ2) is 13.6. The molecule has 0 fully saturated rings. The van der Waals surface area contributed by atoms with E-state index in [-0.39, 0.29) is 23.1 Å². The number of carbonyl (C=O) groups excluding carboxylic acids is 1. The van der Waals surface area contributed by atoms with Gasteiger partial charge in [-0.25, -0.2) is 8.42 Å². The zero-order valence-corrected chi connectivity index (χ0v) is 21.0. The van der Waals surface area contributed by atoms with E-state index in [0.717, 1.165) is 19.3 Å². The van der Waals surface area contributed by atoms with Crippen LogP contribution in [0.1, 0.15) is 36.5 Å². The maximum Gasteiger partial charge on any atom is 0.261 e. The summed E-state index contributed by atoms with van der Waals surface area (Å²) in [5.74, 6) is 0.101. The van der Waals surface area contributed by atoms with Crippen LogP contribution in [0, 0.1) is 0 Å². The minimum Gasteiger partial charge on any atom is -0.493 e. The molecule has 9 heteroatoms. The first kappa shape index (κ1) is 27.2. The quantitative estimate of drug-likeness (QED) is 0.234. The number of nitrogens with one attached hydrogen (secondary N) is 2. The van der Waals surface area contributed by atoms with Crippen LogP contribution in [0.3, 0.4) is 0 Å². The van der Waals surface area contributed by atoms with Gasteiger partial charge in [0.1, 0.15) is 5.75 Å². The van der Waals surface area contributed by atoms with Crippen LogP contribution in [0.4, 0.5) is 5.69 Å². The van der Waals surface area contributed by atoms with Crippen molar-refractivity contribution in [1.82, 2.24) is 9.62 Å². The first-order valence-electron chi connectivity index (χ1n) is 11.0. The summed E-state index contributed by atoms with van der Waals surface area (Å²) < 4.78 is 32.6. The van der Waals surface area contributed by atoms with Gasteiger partial charge in [0.2, 0.25) is 10.0 Å². The molecule has 0 radical (unpaired) electrons. The predicted octanol–water partition coefficient (Wildman–Crippen LogP) is 4.75. The number of anilines is 1. The Kier molecular flexibility index (Phi) is 10.9. The fourth-order valence-corrected chi connectivity index (χ4v) is 4.66. The maximum absolute atomic E-state index is 12.8. The van der Waals surface area contributed by atoms with Gasteiger partial charge in [0, 0.05) is 18.8 Å². The van der Waals surface area contributed by atoms with Crippen molar-refractivity contribution in [1.29, 1.82) is 0 Å². The first-order valence-corrected chi connectivity index (χ1v) is 12.8. The molecule has 2 aromatic carbocycles. The average Bonchev–Trinajstić information content (AvgIpc) is 2.82. The Hall–Kier alpha value is -3.01. The monoisotopic (exact) mass is 501 g/mol. The Morgan fingerprint density at radius 3 is 2.32 bits per heavy atom. The van der Waals surface area contributed by atoms with Crippen molar-refractivity contribution in [2.75, 3.05) is 25.0 Å². The van der Waals surface area contributed by atoms with E-state index >= 15 is 0 Å². The highest BCUT2D eigenvalue weighted by Gasteiger charge is 2.22. The number of hydrogen-bond acceptors (Lipinski definition) is 5. The number of unbranched alkanes of at least 4 members (excludes halogenated alkanes) is 2. The fourth-order valence-electron chi connectivity index (χ4n) is 3.07. The van der Waals surface area contributed by atoms with Crippen LogP contribution in [-0.4, -0.2) is 43.4 Å². The minimum atomic E-state index is -3.70. The number of amides is 1. The highest BCUT2D eigenvalue weighted by molar-refractivity contribution is 7.89. The molecule has 34 heavy (non-hydrogen) atoms. The number of thiocarbonyl (C=S) groups is 1. The smallest absolute Gasteiger partial charge is 0.261 e. The lowest BCUT2D eigenvalue weighted by Crippen LogP contribution is -2.34. The Morgan fingerprint density at radius 2 is 1.71 bits per heavy atom. The van der Waals surface area contributed by atoms with E-state index in [0.29, 0.717) is 23.6 Å². The van der Waals surface area contributed by atoms with Crippen LogP contribution >= 0.6 is 12.2 Å². The minimum absolute atomic E-state index is 0.0846. The summed E-state index contributed by atoms with van der Waals surface area (Å²) >= 11 is 5.26. The molecular formula is C25H31N3O4S2. The van der Waals surface area contributed by atoms with Gasteiger partial charge in [-0.05, 0) is 55.0 Å². The van der Waals surface area contributed by atoms with Crippen LogP contribution in [-0.2, 0) is 10.0 Å². The number of benzene rings is 2. The standard InChI is InChI=1S/C25H31N3O4S2/c1-4-7-10-19-32-23-12-9-8-11-22(23)24(29)27-25(33)26-20-13-15-21(16-14-20)34(30,31)28(17-5-2)18-6-3/h5-6,8-9,11-16H,2-4,7,10,17-19H2,1H3,(H2,26,27,29,33). The van der Waals surface area contributed by atoms with Crippen molar-refractivity contribution in [3.63, 3.8) is 0 Å². The van der Waals surface area contributed by atoms with Gasteiger partial charge in [-0.3, -0.25) is 10.1 Å². The third-order valence-corrected chi connectivity index (χ3v) is 6.83. The first-order chi connectivity index (χ1) is 16.3. The van der Waals surface area contributed by atoms with E-state index in [2.05, 4.69) is 30.7 Å². The highest BCUT2D eigenvalue weighted by Crippen LogP contribution is 2.20. The van der Waals surface area contributed by atoms with Gasteiger partial charge in [-0.2, -0.15) is 4.31 Å². The normalized spacial score (nSPS) is 11.0. The van der Waals surface area contributed by atoms with E-state index < -0.39 is 15.9 Å². The SMILES string of the molecule is C=CCN(CC=C)S(=O)(=O)c1ccc(NC(=S)NC(=O)c2ccccc2OCCCCC)cc1. The molecule has 0 atom stereocenters. The third kappa shape index (κ3) is 7.79. The molecule has 0 bridgehead atoms. The molecule has 0 saturated heterocycles. The summed E-state index contributed by atoms with van der Waals surface area (Å²) in [6.07, 6.45) is 6.10. The van der Waals surface area contributed by atoms with Crippen LogP contribution in [0.5, 0.6) is 5.75 Å². The maximum atomic E-state index is 12.8. The summed E-state index contributed by atoms with van der Waals surface area (Å²) in [5.41, 5.74) is 0.918. The van der Waals surface area contributed by atoms with Gasteiger partial charge in [0.15, 0.2) is 5.11 Å². The predicted molar refractivity (Wildman–Crippen MR) is 141 cm³/mol. The largest absolute Gasteiger partial charge is 0.493 e. The number of nitrogens with zero attached hydrogens (tertiary/aromatic N) is 1. The molecule has 0 aromatic heterocycles. The summed E-state index contributed by atoms with van der Waals surface area (Å²) in [4.78, 5) is 12.8. The van der Waals surface area contributed by atoms with Crippen LogP contribution in [0.2, 0.25) is 0 Å². The van der Waals surface area contributed by atoms with Gasteiger partial charge in [0.05, 0.1) is 17.1 Å². The fraction of sp³-hybridized carbons (Fsp3) is 0.280. The third-order valence-electron chi connectivity index (χ3n) is 4.78. The van der Waals surface area contributed by atoms with Crippen LogP contribution in [0.25, 0.3) is 0 Å². The van der Waals surface area contributed by atoms with Gasteiger partial charge < -0.3 is 10.1 Å². The molecule has 0 aliphatic carbocycles. The van der Waals surface area contributed by atoms with Crippen molar-refractivity contribution in [2.24, 2.45) is 0 Å². The van der Waals surface area contributed by atoms with Crippen molar-refractivity contribution in [2.45, 2.75) is 31.1 Å². The molecule has 0 spiro atoms. The van der Waals surface area contributed by atoms with Crippen molar-refractivity contribution >= 4 is 38.9 Å². The van der Waals surface area contributed by atoms with E-state index in [1.807, 2.05) is 6.07 Å². The second-order valence-corrected chi connectivity index (χ2v) is 9.73. The van der Waals surface area contributed by atoms with Crippen LogP contribution in [0.15, 0.2) is 78.7 Å². The molecule has 0 unspecified atom stereocenters. The van der Waals surface area contributed by atoms with Gasteiger partial charge in [0.25, 0.3) is 5.91 Å². The summed E-state index contributed by atoms with van der Waals surface area (Å²) in [6, 6.07) is 13.1. The summed E-state index contributed by atoms with van der Waals surface area (Å²) in [7, 11) is -3.70. The zero-order chi connectivity index (χ0) is 25.0. The van der Waals surface area contributed by atoms with E-state index in [9.17, 15) is 13.2 Å². The number of para-hydroxylation sites is 1. The topological polar surface area (TPSA) is 87.7 Å². The van der Waals surface area contributed by atoms with Crippen LogP contribution < -0.4 is 15.4 Å². The molecule has 2 rings (SSSR count). The van der Waals surface area contributed by atoms with Gasteiger partial charge in [-0.1, -0.05) is 44.1 Å². The molecule has 0 aliphatic rings. The summed E-state index contributed by atoms with van der Waals surface area (Å²) in [5, 5.41) is 5.62. The molecule has 2 aromatic rings. The number of rotatable bonds is 13. The summed E-state index contributed by atoms with van der Waals surface area (Å²) in [6.45, 7) is 10.2. The number of ether oxygens (including phenoxy) is 1. The zero-order valence-electron chi connectivity index (χ0n) is 19.3.